The van der Waals surface area contributed by atoms with E-state index in [0.717, 1.165) is 62.7 Å². The van der Waals surface area contributed by atoms with Gasteiger partial charge in [0, 0.05) is 19.6 Å². The van der Waals surface area contributed by atoms with Crippen LogP contribution in [0.4, 0.5) is 0 Å². The summed E-state index contributed by atoms with van der Waals surface area (Å²) in [7, 11) is 4.06. The molecule has 55 heavy (non-hydrogen) atoms. The predicted molar refractivity (Wildman–Crippen MR) is 232 cm³/mol. The highest BCUT2D eigenvalue weighted by Gasteiger charge is 2.40. The van der Waals surface area contributed by atoms with Gasteiger partial charge in [-0.2, -0.15) is 0 Å². The highest BCUT2D eigenvalue weighted by molar-refractivity contribution is 5.69. The number of ether oxygens (including phenoxy) is 4. The van der Waals surface area contributed by atoms with Gasteiger partial charge in [-0.15, -0.1) is 0 Å². The third kappa shape index (κ3) is 24.7. The van der Waals surface area contributed by atoms with Crippen molar-refractivity contribution in [3.05, 3.63) is 0 Å². The van der Waals surface area contributed by atoms with Crippen LogP contribution in [0.3, 0.4) is 0 Å². The maximum absolute atomic E-state index is 12.4. The highest BCUT2D eigenvalue weighted by atomic mass is 16.6. The van der Waals surface area contributed by atoms with Crippen LogP contribution in [-0.2, 0) is 23.7 Å². The van der Waals surface area contributed by atoms with E-state index in [0.29, 0.717) is 13.0 Å². The van der Waals surface area contributed by atoms with Crippen LogP contribution < -0.4 is 0 Å². The van der Waals surface area contributed by atoms with Crippen molar-refractivity contribution in [2.75, 3.05) is 47.1 Å². The second kappa shape index (κ2) is 32.2. The molecule has 0 N–H and O–H groups in total. The smallest absolute Gasteiger partial charge is 0.305 e. The number of unbranched alkanes of at least 4 members (excludes halogenated alkanes) is 20. The van der Waals surface area contributed by atoms with E-state index >= 15 is 0 Å². The number of nitrogens with zero attached hydrogens (tertiary/aromatic N) is 1. The molecule has 0 bridgehead atoms. The zero-order valence-corrected chi connectivity index (χ0v) is 37.2. The lowest BCUT2D eigenvalue weighted by Crippen LogP contribution is -2.38. The first kappa shape index (κ1) is 48.7. The molecule has 6 nitrogen and oxygen atoms in total. The number of esters is 1. The van der Waals surface area contributed by atoms with Gasteiger partial charge in [-0.05, 0) is 76.4 Å². The number of carbonyl (C=O) groups is 1. The van der Waals surface area contributed by atoms with Crippen LogP contribution in [-0.4, -0.2) is 76.2 Å². The Labute approximate surface area is 342 Å². The van der Waals surface area contributed by atoms with E-state index in [1.807, 2.05) is 14.1 Å². The minimum absolute atomic E-state index is 0.0763. The van der Waals surface area contributed by atoms with Crippen molar-refractivity contribution in [1.82, 2.24) is 4.90 Å². The van der Waals surface area contributed by atoms with Crippen molar-refractivity contribution in [3.63, 3.8) is 0 Å². The summed E-state index contributed by atoms with van der Waals surface area (Å²) in [5.74, 6) is 4.08. The van der Waals surface area contributed by atoms with Gasteiger partial charge in [-0.25, -0.2) is 0 Å². The molecule has 2 saturated carbocycles. The van der Waals surface area contributed by atoms with Gasteiger partial charge in [0.25, 0.3) is 0 Å². The Hall–Kier alpha value is -0.690. The summed E-state index contributed by atoms with van der Waals surface area (Å²) in [6.45, 7) is 7.76. The largest absolute Gasteiger partial charge is 0.463 e. The zero-order valence-electron chi connectivity index (χ0n) is 37.2. The summed E-state index contributed by atoms with van der Waals surface area (Å²) < 4.78 is 24.6. The fourth-order valence-electron chi connectivity index (χ4n) is 9.23. The quantitative estimate of drug-likeness (QED) is 0.0456. The zero-order chi connectivity index (χ0) is 39.2. The summed E-state index contributed by atoms with van der Waals surface area (Å²) >= 11 is 0. The molecule has 1 aliphatic heterocycles. The predicted octanol–water partition coefficient (Wildman–Crippen LogP) is 13.3. The number of rotatable bonds is 40. The first-order valence-electron chi connectivity index (χ1n) is 24.7. The van der Waals surface area contributed by atoms with Crippen molar-refractivity contribution in [3.8, 4) is 0 Å². The van der Waals surface area contributed by atoms with E-state index in [1.165, 1.54) is 180 Å². The van der Waals surface area contributed by atoms with Gasteiger partial charge < -0.3 is 23.8 Å². The molecule has 0 aromatic carbocycles. The van der Waals surface area contributed by atoms with Gasteiger partial charge in [-0.3, -0.25) is 4.79 Å². The number of hydrogen-bond donors (Lipinski definition) is 0. The molecule has 1 heterocycles. The minimum atomic E-state index is -0.244. The maximum atomic E-state index is 12.4. The van der Waals surface area contributed by atoms with Crippen molar-refractivity contribution >= 4 is 5.97 Å². The topological polar surface area (TPSA) is 57.2 Å². The van der Waals surface area contributed by atoms with Crippen LogP contribution in [0.2, 0.25) is 0 Å². The Kier molecular flexibility index (Phi) is 28.5. The van der Waals surface area contributed by atoms with Crippen LogP contribution in [0.15, 0.2) is 0 Å². The molecule has 2 aliphatic carbocycles. The third-order valence-electron chi connectivity index (χ3n) is 13.2. The van der Waals surface area contributed by atoms with Gasteiger partial charge in [0.1, 0.15) is 24.9 Å². The molecule has 6 heteroatoms. The second-order valence-electron chi connectivity index (χ2n) is 18.7. The Morgan fingerprint density at radius 1 is 0.545 bits per heavy atom. The average molecular weight is 776 g/mol. The number of carbonyl (C=O) groups excluding carboxylic acids is 1. The third-order valence-corrected chi connectivity index (χ3v) is 13.2. The Morgan fingerprint density at radius 2 is 0.964 bits per heavy atom. The molecular formula is C49H93NO5. The van der Waals surface area contributed by atoms with Crippen molar-refractivity contribution in [2.24, 2.45) is 23.7 Å². The molecule has 3 aliphatic rings. The van der Waals surface area contributed by atoms with E-state index in [9.17, 15) is 4.79 Å². The molecule has 0 aromatic heterocycles. The molecule has 4 unspecified atom stereocenters. The summed E-state index contributed by atoms with van der Waals surface area (Å²) in [6, 6.07) is 0. The van der Waals surface area contributed by atoms with Crippen LogP contribution >= 0.6 is 0 Å². The van der Waals surface area contributed by atoms with Crippen molar-refractivity contribution in [1.29, 1.82) is 0 Å². The average Bonchev–Trinajstić information content (AvgIpc) is 4.08. The Bertz CT molecular complexity index is 899. The van der Waals surface area contributed by atoms with E-state index in [4.69, 9.17) is 18.9 Å². The molecule has 7 atom stereocenters. The first-order chi connectivity index (χ1) is 27.0. The van der Waals surface area contributed by atoms with E-state index in [1.54, 1.807) is 0 Å². The van der Waals surface area contributed by atoms with Gasteiger partial charge in [0.15, 0.2) is 0 Å². The lowest BCUT2D eigenvalue weighted by molar-refractivity contribution is -0.150. The highest BCUT2D eigenvalue weighted by Crippen LogP contribution is 2.46. The van der Waals surface area contributed by atoms with E-state index in [-0.39, 0.29) is 30.9 Å². The van der Waals surface area contributed by atoms with Crippen LogP contribution in [0, 0.1) is 23.7 Å². The Balaban J connectivity index is 1.20. The van der Waals surface area contributed by atoms with Crippen molar-refractivity contribution in [2.45, 2.75) is 238 Å². The van der Waals surface area contributed by atoms with Gasteiger partial charge >= 0.3 is 5.97 Å². The summed E-state index contributed by atoms with van der Waals surface area (Å²) in [5, 5.41) is 0. The standard InChI is InChI=1S/C49H93NO5/c1-5-7-9-11-17-23-30-42-38-44(42)32-25-19-13-15-21-27-36-52-46-40-54-47(41-55-48(51)34-29-35-50(3)4)49(46)53-37-28-22-16-14-20-26-33-45-39-43(45)31-24-18-12-10-8-6-2/h42-47,49H,5-41H2,1-4H3/t42?,43?,44?,45?,46-,47+,49+/m0/s1. The molecular weight excluding hydrogens is 683 g/mol. The SMILES string of the molecule is CCCCCCCCC1CC1CCCCCCCCO[C@@H]1[C@@H](OCCCCCCCCC2CC2CCCCCCCC)CO[C@@H]1COC(=O)CCCN(C)C. The summed E-state index contributed by atoms with van der Waals surface area (Å²) in [4.78, 5) is 14.5. The van der Waals surface area contributed by atoms with Gasteiger partial charge in [0.2, 0.25) is 0 Å². The van der Waals surface area contributed by atoms with Crippen LogP contribution in [0.25, 0.3) is 0 Å². The fraction of sp³-hybridized carbons (Fsp3) is 0.980. The first-order valence-corrected chi connectivity index (χ1v) is 24.7. The Morgan fingerprint density at radius 3 is 1.42 bits per heavy atom. The minimum Gasteiger partial charge on any atom is -0.463 e. The molecule has 3 fully saturated rings. The van der Waals surface area contributed by atoms with E-state index in [2.05, 4.69) is 18.7 Å². The van der Waals surface area contributed by atoms with Crippen molar-refractivity contribution < 1.29 is 23.7 Å². The maximum Gasteiger partial charge on any atom is 0.305 e. The molecule has 0 radical (unpaired) electrons. The molecule has 324 valence electrons. The summed E-state index contributed by atoms with van der Waals surface area (Å²) in [5.41, 5.74) is 0. The molecule has 0 spiro atoms. The molecule has 0 amide bonds. The molecule has 3 rings (SSSR count). The van der Waals surface area contributed by atoms with Gasteiger partial charge in [-0.1, -0.05) is 181 Å². The summed E-state index contributed by atoms with van der Waals surface area (Å²) in [6.07, 6.45) is 42.5. The lowest BCUT2D eigenvalue weighted by atomic mass is 10.0. The van der Waals surface area contributed by atoms with Crippen LogP contribution in [0.1, 0.15) is 219 Å². The lowest BCUT2D eigenvalue weighted by Gasteiger charge is -2.23. The van der Waals surface area contributed by atoms with Gasteiger partial charge in [0.05, 0.1) is 6.61 Å². The molecule has 1 saturated heterocycles. The molecule has 0 aromatic rings. The monoisotopic (exact) mass is 776 g/mol. The van der Waals surface area contributed by atoms with E-state index < -0.39 is 0 Å². The number of hydrogen-bond acceptors (Lipinski definition) is 6. The van der Waals surface area contributed by atoms with Crippen LogP contribution in [0.5, 0.6) is 0 Å². The normalized spacial score (nSPS) is 24.6. The fourth-order valence-corrected chi connectivity index (χ4v) is 9.23. The second-order valence-corrected chi connectivity index (χ2v) is 18.7.